The standard InChI is InChI=1S/C10H14N2O2S/c1-7-4-12(3-2-9(7)13)5-8-6-15-10(14)11-8/h6-7H,2-5H2,1H3,(H,11,14). The minimum atomic E-state index is -0.00821. The van der Waals surface area contributed by atoms with Crippen LogP contribution >= 0.6 is 11.3 Å². The number of nitrogens with zero attached hydrogens (tertiary/aromatic N) is 1. The van der Waals surface area contributed by atoms with Gasteiger partial charge in [0.05, 0.1) is 0 Å². The van der Waals surface area contributed by atoms with Crippen molar-refractivity contribution >= 4 is 17.1 Å². The summed E-state index contributed by atoms with van der Waals surface area (Å²) in [4.78, 5) is 27.2. The van der Waals surface area contributed by atoms with Crippen molar-refractivity contribution in [2.45, 2.75) is 19.9 Å². The van der Waals surface area contributed by atoms with Gasteiger partial charge >= 0.3 is 4.87 Å². The van der Waals surface area contributed by atoms with E-state index in [1.165, 1.54) is 11.3 Å². The van der Waals surface area contributed by atoms with E-state index in [4.69, 9.17) is 0 Å². The van der Waals surface area contributed by atoms with Gasteiger partial charge in [0.25, 0.3) is 0 Å². The summed E-state index contributed by atoms with van der Waals surface area (Å²) in [6, 6.07) is 0. The zero-order valence-corrected chi connectivity index (χ0v) is 9.47. The Hall–Kier alpha value is -0.940. The van der Waals surface area contributed by atoms with Crippen LogP contribution in [-0.2, 0) is 11.3 Å². The number of thiazole rings is 1. The molecule has 1 aliphatic rings. The van der Waals surface area contributed by atoms with Crippen LogP contribution in [0.3, 0.4) is 0 Å². The fourth-order valence-corrected chi connectivity index (χ4v) is 2.44. The molecule has 0 aliphatic carbocycles. The first-order chi connectivity index (χ1) is 7.15. The molecule has 4 nitrogen and oxygen atoms in total. The Labute approximate surface area is 91.9 Å². The molecule has 1 aromatic rings. The number of Topliss-reactive ketones (excluding diaryl/α,β-unsaturated/α-hetero) is 1. The first-order valence-electron chi connectivity index (χ1n) is 5.07. The van der Waals surface area contributed by atoms with Gasteiger partial charge in [0, 0.05) is 43.0 Å². The highest BCUT2D eigenvalue weighted by molar-refractivity contribution is 7.07. The Bertz CT molecular complexity index is 410. The topological polar surface area (TPSA) is 53.2 Å². The second kappa shape index (κ2) is 4.28. The van der Waals surface area contributed by atoms with Crippen molar-refractivity contribution in [3.05, 3.63) is 20.7 Å². The summed E-state index contributed by atoms with van der Waals surface area (Å²) in [5.41, 5.74) is 0.951. The molecule has 1 aliphatic heterocycles. The number of nitrogens with one attached hydrogen (secondary N) is 1. The number of piperidine rings is 1. The molecular weight excluding hydrogens is 212 g/mol. The van der Waals surface area contributed by atoms with E-state index < -0.39 is 0 Å². The fraction of sp³-hybridized carbons (Fsp3) is 0.600. The number of carbonyl (C=O) groups excluding carboxylic acids is 1. The molecule has 1 aromatic heterocycles. The van der Waals surface area contributed by atoms with E-state index in [0.717, 1.165) is 25.3 Å². The van der Waals surface area contributed by atoms with Gasteiger partial charge in [-0.1, -0.05) is 18.3 Å². The quantitative estimate of drug-likeness (QED) is 0.813. The number of rotatable bonds is 2. The van der Waals surface area contributed by atoms with Crippen LogP contribution in [0.4, 0.5) is 0 Å². The van der Waals surface area contributed by atoms with Gasteiger partial charge in [0.2, 0.25) is 0 Å². The molecule has 0 bridgehead atoms. The summed E-state index contributed by atoms with van der Waals surface area (Å²) < 4.78 is 0. The Balaban J connectivity index is 1.96. The molecule has 1 fully saturated rings. The lowest BCUT2D eigenvalue weighted by molar-refractivity contribution is -0.125. The minimum Gasteiger partial charge on any atom is -0.315 e. The van der Waals surface area contributed by atoms with Crippen molar-refractivity contribution < 1.29 is 4.79 Å². The van der Waals surface area contributed by atoms with Crippen LogP contribution in [0.1, 0.15) is 19.0 Å². The smallest absolute Gasteiger partial charge is 0.304 e. The average molecular weight is 226 g/mol. The van der Waals surface area contributed by atoms with Gasteiger partial charge in [0.15, 0.2) is 0 Å². The van der Waals surface area contributed by atoms with Gasteiger partial charge in [-0.05, 0) is 0 Å². The summed E-state index contributed by atoms with van der Waals surface area (Å²) >= 11 is 1.19. The highest BCUT2D eigenvalue weighted by Gasteiger charge is 2.23. The molecule has 0 saturated carbocycles. The Morgan fingerprint density at radius 2 is 2.40 bits per heavy atom. The van der Waals surface area contributed by atoms with Crippen molar-refractivity contribution in [2.75, 3.05) is 13.1 Å². The van der Waals surface area contributed by atoms with Gasteiger partial charge in [-0.15, -0.1) is 0 Å². The molecule has 1 unspecified atom stereocenters. The highest BCUT2D eigenvalue weighted by atomic mass is 32.1. The Kier molecular flexibility index (Phi) is 3.02. The molecule has 1 saturated heterocycles. The summed E-state index contributed by atoms with van der Waals surface area (Å²) in [6.07, 6.45) is 0.634. The third-order valence-corrected chi connectivity index (χ3v) is 3.44. The molecule has 5 heteroatoms. The van der Waals surface area contributed by atoms with Crippen LogP contribution in [0.15, 0.2) is 10.2 Å². The first-order valence-corrected chi connectivity index (χ1v) is 5.95. The van der Waals surface area contributed by atoms with E-state index in [1.54, 1.807) is 0 Å². The zero-order valence-electron chi connectivity index (χ0n) is 8.66. The van der Waals surface area contributed by atoms with Crippen LogP contribution in [0.5, 0.6) is 0 Å². The normalized spacial score (nSPS) is 23.3. The highest BCUT2D eigenvalue weighted by Crippen LogP contribution is 2.14. The van der Waals surface area contributed by atoms with Crippen LogP contribution in [-0.4, -0.2) is 28.8 Å². The predicted octanol–water partition coefficient (Wildman–Crippen LogP) is 0.847. The lowest BCUT2D eigenvalue weighted by Crippen LogP contribution is -2.39. The molecule has 0 amide bonds. The zero-order chi connectivity index (χ0) is 10.8. The van der Waals surface area contributed by atoms with Gasteiger partial charge in [0.1, 0.15) is 5.78 Å². The van der Waals surface area contributed by atoms with E-state index in [9.17, 15) is 9.59 Å². The summed E-state index contributed by atoms with van der Waals surface area (Å²) in [5, 5.41) is 1.85. The molecule has 15 heavy (non-hydrogen) atoms. The second-order valence-electron chi connectivity index (χ2n) is 4.03. The molecule has 2 rings (SSSR count). The Morgan fingerprint density at radius 1 is 1.60 bits per heavy atom. The predicted molar refractivity (Wildman–Crippen MR) is 59.0 cm³/mol. The molecule has 0 spiro atoms. The molecule has 0 aromatic carbocycles. The summed E-state index contributed by atoms with van der Waals surface area (Å²) in [5.74, 6) is 0.481. The molecule has 82 valence electrons. The number of H-pyrrole nitrogens is 1. The third-order valence-electron chi connectivity index (χ3n) is 2.72. The number of ketones is 1. The maximum atomic E-state index is 11.3. The largest absolute Gasteiger partial charge is 0.315 e. The maximum Gasteiger partial charge on any atom is 0.304 e. The SMILES string of the molecule is CC1CN(Cc2csc(=O)[nH]2)CCC1=O. The van der Waals surface area contributed by atoms with Crippen LogP contribution in [0.2, 0.25) is 0 Å². The van der Waals surface area contributed by atoms with Crippen molar-refractivity contribution in [2.24, 2.45) is 5.92 Å². The fourth-order valence-electron chi connectivity index (χ4n) is 1.87. The Morgan fingerprint density at radius 3 is 3.00 bits per heavy atom. The van der Waals surface area contributed by atoms with E-state index in [2.05, 4.69) is 9.88 Å². The van der Waals surface area contributed by atoms with Crippen molar-refractivity contribution in [3.8, 4) is 0 Å². The van der Waals surface area contributed by atoms with E-state index in [0.29, 0.717) is 12.2 Å². The monoisotopic (exact) mass is 226 g/mol. The third kappa shape index (κ3) is 2.54. The number of hydrogen-bond acceptors (Lipinski definition) is 4. The van der Waals surface area contributed by atoms with E-state index >= 15 is 0 Å². The number of carbonyl (C=O) groups is 1. The van der Waals surface area contributed by atoms with E-state index in [-0.39, 0.29) is 10.8 Å². The van der Waals surface area contributed by atoms with Gasteiger partial charge < -0.3 is 4.98 Å². The maximum absolute atomic E-state index is 11.3. The van der Waals surface area contributed by atoms with Gasteiger partial charge in [-0.2, -0.15) is 0 Å². The second-order valence-corrected chi connectivity index (χ2v) is 4.87. The van der Waals surface area contributed by atoms with E-state index in [1.807, 2.05) is 12.3 Å². The van der Waals surface area contributed by atoms with Crippen LogP contribution in [0, 0.1) is 5.92 Å². The van der Waals surface area contributed by atoms with Crippen molar-refractivity contribution in [1.29, 1.82) is 0 Å². The van der Waals surface area contributed by atoms with Crippen LogP contribution in [0.25, 0.3) is 0 Å². The van der Waals surface area contributed by atoms with Gasteiger partial charge in [-0.25, -0.2) is 0 Å². The lowest BCUT2D eigenvalue weighted by Gasteiger charge is -2.29. The number of aromatic nitrogens is 1. The number of aromatic amines is 1. The molecule has 2 heterocycles. The number of hydrogen-bond donors (Lipinski definition) is 1. The number of likely N-dealkylation sites (tertiary alicyclic amines) is 1. The van der Waals surface area contributed by atoms with Crippen molar-refractivity contribution in [1.82, 2.24) is 9.88 Å². The minimum absolute atomic E-state index is 0.00821. The average Bonchev–Trinajstić information content (AvgIpc) is 2.58. The van der Waals surface area contributed by atoms with Crippen LogP contribution < -0.4 is 4.87 Å². The molecule has 0 radical (unpaired) electrons. The molecular formula is C10H14N2O2S. The first kappa shape index (κ1) is 10.6. The lowest BCUT2D eigenvalue weighted by atomic mass is 9.99. The van der Waals surface area contributed by atoms with Gasteiger partial charge in [-0.3, -0.25) is 14.5 Å². The molecule has 1 N–H and O–H groups in total. The molecule has 1 atom stereocenters. The summed E-state index contributed by atoms with van der Waals surface area (Å²) in [6.45, 7) is 4.32. The van der Waals surface area contributed by atoms with Crippen molar-refractivity contribution in [3.63, 3.8) is 0 Å². The summed E-state index contributed by atoms with van der Waals surface area (Å²) in [7, 11) is 0.